The number of hydrogen-bond acceptors (Lipinski definition) is 6. The summed E-state index contributed by atoms with van der Waals surface area (Å²) in [5.41, 5.74) is 3.20. The summed E-state index contributed by atoms with van der Waals surface area (Å²) in [7, 11) is 0. The first-order valence-electron chi connectivity index (χ1n) is 10.0. The lowest BCUT2D eigenvalue weighted by Gasteiger charge is -2.16. The number of pyridine rings is 1. The normalized spacial score (nSPS) is 12.3. The monoisotopic (exact) mass is 412 g/mol. The second kappa shape index (κ2) is 8.02. The van der Waals surface area contributed by atoms with Crippen molar-refractivity contribution in [3.8, 4) is 17.3 Å². The van der Waals surface area contributed by atoms with Crippen molar-refractivity contribution in [1.82, 2.24) is 19.6 Å². The number of hydrogen-bond donors (Lipinski definition) is 0. The van der Waals surface area contributed by atoms with Crippen LogP contribution in [0.3, 0.4) is 0 Å². The lowest BCUT2D eigenvalue weighted by molar-refractivity contribution is -0.117. The molecule has 1 aromatic carbocycles. The highest BCUT2D eigenvalue weighted by atomic mass is 16.5. The molecule has 0 aliphatic carbocycles. The Bertz CT molecular complexity index is 1320. The summed E-state index contributed by atoms with van der Waals surface area (Å²) in [6.07, 6.45) is 5.59. The Morgan fingerprint density at radius 3 is 2.84 bits per heavy atom. The van der Waals surface area contributed by atoms with Crippen LogP contribution in [0.2, 0.25) is 0 Å². The topological polar surface area (TPSA) is 82.5 Å². The number of carbonyl (C=O) groups excluding carboxylic acids is 1. The number of ketones is 1. The number of aromatic nitrogens is 4. The fourth-order valence-electron chi connectivity index (χ4n) is 3.63. The van der Waals surface area contributed by atoms with Gasteiger partial charge in [-0.1, -0.05) is 24.3 Å². The maximum Gasteiger partial charge on any atom is 0.231 e. The summed E-state index contributed by atoms with van der Waals surface area (Å²) in [6, 6.07) is 17.2. The van der Waals surface area contributed by atoms with E-state index >= 15 is 0 Å². The van der Waals surface area contributed by atoms with Crippen LogP contribution in [0.4, 0.5) is 0 Å². The number of nitrogens with zero attached hydrogens (tertiary/aromatic N) is 4. The second-order valence-electron chi connectivity index (χ2n) is 7.43. The first-order valence-corrected chi connectivity index (χ1v) is 10.0. The van der Waals surface area contributed by atoms with Gasteiger partial charge < -0.3 is 13.9 Å². The molecule has 0 fully saturated rings. The van der Waals surface area contributed by atoms with Crippen LogP contribution in [0.5, 0.6) is 5.88 Å². The SMILES string of the molecule is CC(=O)CC(COc1ccc2ncc(-c3cc4ccccc4o3)n2n1)c1cccnc1. The molecule has 7 heteroatoms. The quantitative estimate of drug-likeness (QED) is 0.386. The molecule has 0 amide bonds. The van der Waals surface area contributed by atoms with Crippen molar-refractivity contribution < 1.29 is 13.9 Å². The Morgan fingerprint density at radius 1 is 1.13 bits per heavy atom. The number of carbonyl (C=O) groups is 1. The Balaban J connectivity index is 1.43. The molecule has 154 valence electrons. The van der Waals surface area contributed by atoms with Crippen LogP contribution in [0.15, 0.2) is 77.6 Å². The third kappa shape index (κ3) is 3.90. The summed E-state index contributed by atoms with van der Waals surface area (Å²) < 4.78 is 13.7. The van der Waals surface area contributed by atoms with Crippen molar-refractivity contribution >= 4 is 22.4 Å². The first-order chi connectivity index (χ1) is 15.2. The minimum absolute atomic E-state index is 0.0960. The van der Waals surface area contributed by atoms with E-state index in [1.54, 1.807) is 36.1 Å². The van der Waals surface area contributed by atoms with E-state index in [4.69, 9.17) is 9.15 Å². The summed E-state index contributed by atoms with van der Waals surface area (Å²) in [5, 5.41) is 5.61. The maximum absolute atomic E-state index is 11.7. The zero-order chi connectivity index (χ0) is 21.2. The average molecular weight is 412 g/mol. The van der Waals surface area contributed by atoms with Gasteiger partial charge in [-0.3, -0.25) is 4.98 Å². The summed E-state index contributed by atoms with van der Waals surface area (Å²) in [4.78, 5) is 20.3. The zero-order valence-electron chi connectivity index (χ0n) is 16.9. The maximum atomic E-state index is 11.7. The van der Waals surface area contributed by atoms with Gasteiger partial charge in [-0.2, -0.15) is 0 Å². The van der Waals surface area contributed by atoms with E-state index in [9.17, 15) is 4.79 Å². The van der Waals surface area contributed by atoms with Gasteiger partial charge in [-0.25, -0.2) is 9.50 Å². The predicted molar refractivity (Wildman–Crippen MR) is 116 cm³/mol. The predicted octanol–water partition coefficient (Wildman–Crippen LogP) is 4.68. The van der Waals surface area contributed by atoms with E-state index in [1.807, 2.05) is 48.5 Å². The van der Waals surface area contributed by atoms with Gasteiger partial charge in [0, 0.05) is 36.2 Å². The number of benzene rings is 1. The molecule has 7 nitrogen and oxygen atoms in total. The van der Waals surface area contributed by atoms with Gasteiger partial charge >= 0.3 is 0 Å². The minimum Gasteiger partial charge on any atom is -0.476 e. The van der Waals surface area contributed by atoms with Gasteiger partial charge in [0.25, 0.3) is 0 Å². The Hall–Kier alpha value is -4.00. The molecule has 1 atom stereocenters. The van der Waals surface area contributed by atoms with Gasteiger partial charge in [-0.15, -0.1) is 5.10 Å². The van der Waals surface area contributed by atoms with Crippen molar-refractivity contribution in [1.29, 1.82) is 0 Å². The summed E-state index contributed by atoms with van der Waals surface area (Å²) in [5.74, 6) is 1.13. The highest BCUT2D eigenvalue weighted by Crippen LogP contribution is 2.28. The van der Waals surface area contributed by atoms with E-state index < -0.39 is 0 Å². The molecule has 0 aliphatic rings. The fraction of sp³-hybridized carbons (Fsp3) is 0.167. The molecule has 0 saturated carbocycles. The Morgan fingerprint density at radius 2 is 2.03 bits per heavy atom. The third-order valence-electron chi connectivity index (χ3n) is 5.14. The molecule has 0 aliphatic heterocycles. The second-order valence-corrected chi connectivity index (χ2v) is 7.43. The molecule has 4 heterocycles. The van der Waals surface area contributed by atoms with E-state index in [0.29, 0.717) is 30.3 Å². The number of furan rings is 1. The lowest BCUT2D eigenvalue weighted by atomic mass is 9.96. The highest BCUT2D eigenvalue weighted by Gasteiger charge is 2.17. The number of fused-ring (bicyclic) bond motifs is 2. The van der Waals surface area contributed by atoms with Crippen LogP contribution < -0.4 is 4.74 Å². The molecule has 1 unspecified atom stereocenters. The number of rotatable bonds is 7. The van der Waals surface area contributed by atoms with Crippen LogP contribution in [-0.4, -0.2) is 32.0 Å². The van der Waals surface area contributed by atoms with Crippen LogP contribution in [0.25, 0.3) is 28.1 Å². The van der Waals surface area contributed by atoms with E-state index in [0.717, 1.165) is 22.2 Å². The molecule has 0 N–H and O–H groups in total. The van der Waals surface area contributed by atoms with E-state index in [1.165, 1.54) is 0 Å². The number of Topliss-reactive ketones (excluding diaryl/α,β-unsaturated/α-hetero) is 1. The van der Waals surface area contributed by atoms with Gasteiger partial charge in [0.2, 0.25) is 5.88 Å². The van der Waals surface area contributed by atoms with Crippen LogP contribution in [0.1, 0.15) is 24.8 Å². The summed E-state index contributed by atoms with van der Waals surface area (Å²) in [6.45, 7) is 1.90. The number of imidazole rings is 1. The Kier molecular flexibility index (Phi) is 4.92. The molecule has 31 heavy (non-hydrogen) atoms. The molecule has 5 rings (SSSR count). The smallest absolute Gasteiger partial charge is 0.231 e. The first kappa shape index (κ1) is 19.0. The van der Waals surface area contributed by atoms with E-state index in [2.05, 4.69) is 15.1 Å². The van der Waals surface area contributed by atoms with E-state index in [-0.39, 0.29) is 11.7 Å². The molecular formula is C24H20N4O3. The van der Waals surface area contributed by atoms with Gasteiger partial charge in [0.05, 0.1) is 12.8 Å². The molecule has 0 saturated heterocycles. The van der Waals surface area contributed by atoms with Gasteiger partial charge in [0.1, 0.15) is 17.1 Å². The van der Waals surface area contributed by atoms with Crippen molar-refractivity contribution in [3.63, 3.8) is 0 Å². The van der Waals surface area contributed by atoms with Crippen LogP contribution >= 0.6 is 0 Å². The largest absolute Gasteiger partial charge is 0.476 e. The standard InChI is InChI=1S/C24H20N4O3/c1-16(29)11-19(18-6-4-10-25-13-18)15-30-24-9-8-23-26-14-20(28(23)27-24)22-12-17-5-2-3-7-21(17)31-22/h2-10,12-14,19H,11,15H2,1H3. The lowest BCUT2D eigenvalue weighted by Crippen LogP contribution is -2.15. The van der Waals surface area contributed by atoms with Gasteiger partial charge in [0.15, 0.2) is 11.4 Å². The molecule has 0 spiro atoms. The zero-order valence-corrected chi connectivity index (χ0v) is 16.9. The third-order valence-corrected chi connectivity index (χ3v) is 5.14. The Labute approximate surface area is 178 Å². The molecular weight excluding hydrogens is 392 g/mol. The minimum atomic E-state index is -0.0960. The molecule has 0 bridgehead atoms. The van der Waals surface area contributed by atoms with Crippen LogP contribution in [0, 0.1) is 0 Å². The van der Waals surface area contributed by atoms with Crippen molar-refractivity contribution in [2.24, 2.45) is 0 Å². The number of ether oxygens (including phenoxy) is 1. The van der Waals surface area contributed by atoms with Gasteiger partial charge in [-0.05, 0) is 36.8 Å². The summed E-state index contributed by atoms with van der Waals surface area (Å²) >= 11 is 0. The molecule has 0 radical (unpaired) electrons. The van der Waals surface area contributed by atoms with Crippen molar-refractivity contribution in [2.75, 3.05) is 6.61 Å². The number of para-hydroxylation sites is 1. The van der Waals surface area contributed by atoms with Crippen molar-refractivity contribution in [3.05, 3.63) is 78.8 Å². The van der Waals surface area contributed by atoms with Crippen molar-refractivity contribution in [2.45, 2.75) is 19.3 Å². The molecule has 4 aromatic heterocycles. The highest BCUT2D eigenvalue weighted by molar-refractivity contribution is 5.82. The fourth-order valence-corrected chi connectivity index (χ4v) is 3.63. The molecule has 5 aromatic rings. The average Bonchev–Trinajstić information content (AvgIpc) is 3.40. The van der Waals surface area contributed by atoms with Crippen LogP contribution in [-0.2, 0) is 4.79 Å².